The number of hydrogen-bond donors (Lipinski definition) is 1. The summed E-state index contributed by atoms with van der Waals surface area (Å²) >= 11 is 0. The van der Waals surface area contributed by atoms with Gasteiger partial charge in [0.2, 0.25) is 0 Å². The minimum Gasteiger partial charge on any atom is -0.472 e. The lowest BCUT2D eigenvalue weighted by molar-refractivity contribution is 0.491. The van der Waals surface area contributed by atoms with Gasteiger partial charge in [0.1, 0.15) is 0 Å². The predicted molar refractivity (Wildman–Crippen MR) is 54.6 cm³/mol. The summed E-state index contributed by atoms with van der Waals surface area (Å²) in [6.45, 7) is 7.71. The van der Waals surface area contributed by atoms with Gasteiger partial charge in [0.05, 0.1) is 12.5 Å². The van der Waals surface area contributed by atoms with E-state index in [4.69, 9.17) is 4.42 Å². The fourth-order valence-corrected chi connectivity index (χ4v) is 1.23. The third-order valence-electron chi connectivity index (χ3n) is 2.22. The average molecular weight is 181 g/mol. The molecule has 1 unspecified atom stereocenters. The Kier molecular flexibility index (Phi) is 4.03. The molecule has 13 heavy (non-hydrogen) atoms. The minimum atomic E-state index is 0.400. The summed E-state index contributed by atoms with van der Waals surface area (Å²) < 4.78 is 5.02. The van der Waals surface area contributed by atoms with Crippen LogP contribution in [-0.4, -0.2) is 6.54 Å². The Morgan fingerprint density at radius 3 is 2.69 bits per heavy atom. The Hall–Kier alpha value is -0.760. The van der Waals surface area contributed by atoms with Crippen molar-refractivity contribution in [2.75, 3.05) is 6.54 Å². The van der Waals surface area contributed by atoms with Crippen LogP contribution in [-0.2, 0) is 0 Å². The summed E-state index contributed by atoms with van der Waals surface area (Å²) in [4.78, 5) is 0. The standard InChI is InChI=1S/C11H19NO/c1-9(2)4-6-12-10(3)11-5-7-13-8-11/h5,7-10,12H,4,6H2,1-3H3. The maximum Gasteiger partial charge on any atom is 0.0950 e. The smallest absolute Gasteiger partial charge is 0.0950 e. The quantitative estimate of drug-likeness (QED) is 0.755. The van der Waals surface area contributed by atoms with Crippen LogP contribution >= 0.6 is 0 Å². The second-order valence-electron chi connectivity index (χ2n) is 3.92. The van der Waals surface area contributed by atoms with Gasteiger partial charge in [-0.25, -0.2) is 0 Å². The van der Waals surface area contributed by atoms with E-state index in [-0.39, 0.29) is 0 Å². The van der Waals surface area contributed by atoms with E-state index in [0.717, 1.165) is 12.5 Å². The lowest BCUT2D eigenvalue weighted by atomic mass is 10.1. The van der Waals surface area contributed by atoms with Crippen molar-refractivity contribution in [3.63, 3.8) is 0 Å². The molecular weight excluding hydrogens is 162 g/mol. The van der Waals surface area contributed by atoms with E-state index in [9.17, 15) is 0 Å². The van der Waals surface area contributed by atoms with Gasteiger partial charge < -0.3 is 9.73 Å². The molecule has 0 saturated heterocycles. The Balaban J connectivity index is 2.22. The van der Waals surface area contributed by atoms with Crippen LogP contribution in [0.15, 0.2) is 23.0 Å². The van der Waals surface area contributed by atoms with Crippen LogP contribution in [0.5, 0.6) is 0 Å². The largest absolute Gasteiger partial charge is 0.472 e. The first-order valence-electron chi connectivity index (χ1n) is 4.95. The molecule has 0 amide bonds. The number of nitrogens with one attached hydrogen (secondary N) is 1. The van der Waals surface area contributed by atoms with E-state index >= 15 is 0 Å². The Bertz CT molecular complexity index is 216. The summed E-state index contributed by atoms with van der Waals surface area (Å²) in [6, 6.07) is 2.41. The van der Waals surface area contributed by atoms with Gasteiger partial charge in [-0.3, -0.25) is 0 Å². The molecule has 1 aromatic heterocycles. The fourth-order valence-electron chi connectivity index (χ4n) is 1.23. The fraction of sp³-hybridized carbons (Fsp3) is 0.636. The van der Waals surface area contributed by atoms with Crippen LogP contribution in [0, 0.1) is 5.92 Å². The summed E-state index contributed by atoms with van der Waals surface area (Å²) in [5, 5.41) is 3.46. The van der Waals surface area contributed by atoms with Crippen LogP contribution in [0.25, 0.3) is 0 Å². The van der Waals surface area contributed by atoms with Gasteiger partial charge in [0.15, 0.2) is 0 Å². The zero-order chi connectivity index (χ0) is 9.68. The van der Waals surface area contributed by atoms with Crippen molar-refractivity contribution >= 4 is 0 Å². The first-order chi connectivity index (χ1) is 6.20. The van der Waals surface area contributed by atoms with E-state index in [1.165, 1.54) is 12.0 Å². The SMILES string of the molecule is CC(C)CCNC(C)c1ccoc1. The van der Waals surface area contributed by atoms with Gasteiger partial charge in [-0.2, -0.15) is 0 Å². The second-order valence-corrected chi connectivity index (χ2v) is 3.92. The molecule has 1 aromatic rings. The molecule has 0 bridgehead atoms. The van der Waals surface area contributed by atoms with Crippen molar-refractivity contribution in [1.82, 2.24) is 5.32 Å². The van der Waals surface area contributed by atoms with Crippen LogP contribution < -0.4 is 5.32 Å². The topological polar surface area (TPSA) is 25.2 Å². The van der Waals surface area contributed by atoms with Gasteiger partial charge in [0, 0.05) is 11.6 Å². The molecule has 0 spiro atoms. The Morgan fingerprint density at radius 2 is 2.15 bits per heavy atom. The number of hydrogen-bond acceptors (Lipinski definition) is 2. The average Bonchev–Trinajstić information content (AvgIpc) is 2.55. The van der Waals surface area contributed by atoms with Crippen molar-refractivity contribution in [2.45, 2.75) is 33.2 Å². The highest BCUT2D eigenvalue weighted by Crippen LogP contribution is 2.12. The molecule has 1 heterocycles. The summed E-state index contributed by atoms with van der Waals surface area (Å²) in [5.74, 6) is 0.768. The highest BCUT2D eigenvalue weighted by atomic mass is 16.3. The summed E-state index contributed by atoms with van der Waals surface area (Å²) in [6.07, 6.45) is 4.74. The van der Waals surface area contributed by atoms with E-state index < -0.39 is 0 Å². The van der Waals surface area contributed by atoms with Gasteiger partial charge in [0.25, 0.3) is 0 Å². The van der Waals surface area contributed by atoms with Crippen LogP contribution in [0.2, 0.25) is 0 Å². The summed E-state index contributed by atoms with van der Waals surface area (Å²) in [5.41, 5.74) is 1.23. The summed E-state index contributed by atoms with van der Waals surface area (Å²) in [7, 11) is 0. The third-order valence-corrected chi connectivity index (χ3v) is 2.22. The van der Waals surface area contributed by atoms with Gasteiger partial charge in [-0.15, -0.1) is 0 Å². The van der Waals surface area contributed by atoms with Crippen molar-refractivity contribution < 1.29 is 4.42 Å². The molecule has 1 N–H and O–H groups in total. The molecule has 1 atom stereocenters. The molecule has 1 rings (SSSR count). The van der Waals surface area contributed by atoms with Gasteiger partial charge in [-0.1, -0.05) is 13.8 Å². The highest BCUT2D eigenvalue weighted by Gasteiger charge is 2.05. The van der Waals surface area contributed by atoms with E-state index in [0.29, 0.717) is 6.04 Å². The molecule has 2 heteroatoms. The van der Waals surface area contributed by atoms with Crippen LogP contribution in [0.3, 0.4) is 0 Å². The van der Waals surface area contributed by atoms with Crippen LogP contribution in [0.1, 0.15) is 38.8 Å². The Labute approximate surface area is 80.3 Å². The highest BCUT2D eigenvalue weighted by molar-refractivity contribution is 5.09. The molecule has 0 radical (unpaired) electrons. The molecule has 2 nitrogen and oxygen atoms in total. The van der Waals surface area contributed by atoms with Crippen molar-refractivity contribution in [3.05, 3.63) is 24.2 Å². The Morgan fingerprint density at radius 1 is 1.38 bits per heavy atom. The normalized spacial score (nSPS) is 13.5. The van der Waals surface area contributed by atoms with Crippen molar-refractivity contribution in [2.24, 2.45) is 5.92 Å². The zero-order valence-electron chi connectivity index (χ0n) is 8.71. The maximum atomic E-state index is 5.02. The van der Waals surface area contributed by atoms with Crippen LogP contribution in [0.4, 0.5) is 0 Å². The minimum absolute atomic E-state index is 0.400. The van der Waals surface area contributed by atoms with E-state index in [1.807, 2.05) is 6.07 Å². The lowest BCUT2D eigenvalue weighted by Crippen LogP contribution is -2.20. The molecular formula is C11H19NO. The number of rotatable bonds is 5. The molecule has 0 aromatic carbocycles. The first-order valence-corrected chi connectivity index (χ1v) is 4.95. The monoisotopic (exact) mass is 181 g/mol. The van der Waals surface area contributed by atoms with Crippen molar-refractivity contribution in [3.8, 4) is 0 Å². The van der Waals surface area contributed by atoms with Crippen molar-refractivity contribution in [1.29, 1.82) is 0 Å². The second kappa shape index (κ2) is 5.07. The van der Waals surface area contributed by atoms with Gasteiger partial charge >= 0.3 is 0 Å². The molecule has 0 saturated carbocycles. The maximum absolute atomic E-state index is 5.02. The third kappa shape index (κ3) is 3.64. The lowest BCUT2D eigenvalue weighted by Gasteiger charge is -2.12. The molecule has 0 aliphatic carbocycles. The molecule has 74 valence electrons. The van der Waals surface area contributed by atoms with E-state index in [1.54, 1.807) is 12.5 Å². The van der Waals surface area contributed by atoms with Gasteiger partial charge in [-0.05, 0) is 31.9 Å². The number of furan rings is 1. The molecule has 0 aliphatic heterocycles. The zero-order valence-corrected chi connectivity index (χ0v) is 8.71. The molecule has 0 aliphatic rings. The first kappa shape index (κ1) is 10.3. The van der Waals surface area contributed by atoms with E-state index in [2.05, 4.69) is 26.1 Å². The predicted octanol–water partition coefficient (Wildman–Crippen LogP) is 2.98. The molecule has 0 fully saturated rings.